The number of ether oxygens (including phenoxy) is 1. The van der Waals surface area contributed by atoms with Crippen molar-refractivity contribution >= 4 is 5.91 Å². The molecule has 1 saturated carbocycles. The molecule has 1 saturated heterocycles. The number of likely N-dealkylation sites (tertiary alicyclic amines) is 1. The maximum atomic E-state index is 12.7. The van der Waals surface area contributed by atoms with Crippen molar-refractivity contribution in [3.8, 4) is 5.75 Å². The third kappa shape index (κ3) is 3.89. The molecule has 1 aromatic carbocycles. The molecule has 1 aliphatic carbocycles. The number of para-hydroxylation sites is 1. The van der Waals surface area contributed by atoms with E-state index in [-0.39, 0.29) is 0 Å². The number of hydrogen-bond donors (Lipinski definition) is 0. The van der Waals surface area contributed by atoms with Crippen LogP contribution in [0.1, 0.15) is 31.2 Å². The highest BCUT2D eigenvalue weighted by molar-refractivity contribution is 5.81. The molecule has 0 N–H and O–H groups in total. The van der Waals surface area contributed by atoms with E-state index in [1.165, 1.54) is 5.56 Å². The molecular formula is C21H31N3O2. The summed E-state index contributed by atoms with van der Waals surface area (Å²) in [5.74, 6) is 1.74. The van der Waals surface area contributed by atoms with Gasteiger partial charge in [-0.1, -0.05) is 18.2 Å². The fourth-order valence-corrected chi connectivity index (χ4v) is 4.37. The van der Waals surface area contributed by atoms with Crippen LogP contribution in [0.5, 0.6) is 5.75 Å². The Morgan fingerprint density at radius 2 is 2.00 bits per heavy atom. The first-order chi connectivity index (χ1) is 12.6. The summed E-state index contributed by atoms with van der Waals surface area (Å²) in [5, 5.41) is 0. The summed E-state index contributed by atoms with van der Waals surface area (Å²) in [4.78, 5) is 19.6. The van der Waals surface area contributed by atoms with Gasteiger partial charge in [0, 0.05) is 43.7 Å². The summed E-state index contributed by atoms with van der Waals surface area (Å²) < 4.78 is 6.13. The van der Waals surface area contributed by atoms with Crippen LogP contribution in [0, 0.1) is 5.92 Å². The normalized spacial score (nSPS) is 26.5. The lowest BCUT2D eigenvalue weighted by molar-refractivity contribution is -0.133. The molecular weight excluding hydrogens is 326 g/mol. The molecule has 2 fully saturated rings. The van der Waals surface area contributed by atoms with Crippen molar-refractivity contribution < 1.29 is 9.53 Å². The Kier molecular flexibility index (Phi) is 5.18. The molecule has 2 aliphatic heterocycles. The summed E-state index contributed by atoms with van der Waals surface area (Å²) in [7, 11) is 4.24. The number of hydrogen-bond acceptors (Lipinski definition) is 4. The van der Waals surface area contributed by atoms with Gasteiger partial charge in [-0.15, -0.1) is 0 Å². The second-order valence-corrected chi connectivity index (χ2v) is 8.37. The second-order valence-electron chi connectivity index (χ2n) is 8.37. The second kappa shape index (κ2) is 7.57. The zero-order chi connectivity index (χ0) is 18.1. The zero-order valence-electron chi connectivity index (χ0n) is 16.1. The van der Waals surface area contributed by atoms with Crippen LogP contribution in [0.4, 0.5) is 0 Å². The number of nitrogens with zero attached hydrogens (tertiary/aromatic N) is 3. The number of carbonyl (C=O) groups excluding carboxylic acids is 1. The fraction of sp³-hybridized carbons (Fsp3) is 0.667. The van der Waals surface area contributed by atoms with E-state index < -0.39 is 0 Å². The summed E-state index contributed by atoms with van der Waals surface area (Å²) in [6, 6.07) is 9.08. The minimum absolute atomic E-state index is 0.321. The predicted molar refractivity (Wildman–Crippen MR) is 102 cm³/mol. The van der Waals surface area contributed by atoms with Gasteiger partial charge in [0.25, 0.3) is 0 Å². The van der Waals surface area contributed by atoms with Crippen molar-refractivity contribution in [2.45, 2.75) is 44.3 Å². The highest BCUT2D eigenvalue weighted by Crippen LogP contribution is 2.34. The van der Waals surface area contributed by atoms with Gasteiger partial charge in [0.2, 0.25) is 5.91 Å². The molecule has 0 aromatic heterocycles. The molecule has 1 aromatic rings. The van der Waals surface area contributed by atoms with Gasteiger partial charge in [0.1, 0.15) is 12.4 Å². The van der Waals surface area contributed by atoms with Crippen LogP contribution >= 0.6 is 0 Å². The van der Waals surface area contributed by atoms with E-state index >= 15 is 0 Å². The van der Waals surface area contributed by atoms with E-state index in [1.54, 1.807) is 0 Å². The van der Waals surface area contributed by atoms with Gasteiger partial charge < -0.3 is 14.5 Å². The first-order valence-corrected chi connectivity index (χ1v) is 10.0. The van der Waals surface area contributed by atoms with Crippen molar-refractivity contribution in [3.05, 3.63) is 29.8 Å². The first kappa shape index (κ1) is 17.8. The monoisotopic (exact) mass is 357 g/mol. The molecule has 2 heterocycles. The number of fused-ring (bicyclic) bond motifs is 1. The Balaban J connectivity index is 1.51. The van der Waals surface area contributed by atoms with Crippen molar-refractivity contribution in [1.29, 1.82) is 0 Å². The fourth-order valence-electron chi connectivity index (χ4n) is 4.37. The summed E-state index contributed by atoms with van der Waals surface area (Å²) in [5.41, 5.74) is 1.26. The van der Waals surface area contributed by atoms with Crippen LogP contribution in [0.15, 0.2) is 24.3 Å². The molecule has 0 radical (unpaired) electrons. The van der Waals surface area contributed by atoms with Crippen molar-refractivity contribution in [3.63, 3.8) is 0 Å². The molecule has 26 heavy (non-hydrogen) atoms. The molecule has 0 spiro atoms. The average molecular weight is 357 g/mol. The number of carbonyl (C=O) groups is 1. The average Bonchev–Trinajstić information content (AvgIpc) is 3.39. The SMILES string of the molecule is CN(C)C[C@@H]1COc2ccccc2CN1C[C@@H]1CCCN1C(=O)C1CC1. The smallest absolute Gasteiger partial charge is 0.225 e. The lowest BCUT2D eigenvalue weighted by atomic mass is 10.1. The van der Waals surface area contributed by atoms with Crippen LogP contribution in [0.3, 0.4) is 0 Å². The number of amides is 1. The maximum Gasteiger partial charge on any atom is 0.225 e. The standard InChI is InChI=1S/C21H31N3O2/c1-22(2)13-19-15-26-20-8-4-3-6-17(20)12-23(19)14-18-7-5-11-24(18)21(25)16-9-10-16/h3-4,6,8,16,18-19H,5,7,9-15H2,1-2H3/t18-,19+/m0/s1. The quantitative estimate of drug-likeness (QED) is 0.810. The number of rotatable bonds is 5. The highest BCUT2D eigenvalue weighted by atomic mass is 16.5. The molecule has 5 heteroatoms. The Morgan fingerprint density at radius 3 is 2.77 bits per heavy atom. The molecule has 4 rings (SSSR count). The van der Waals surface area contributed by atoms with Crippen LogP contribution in [0.25, 0.3) is 0 Å². The van der Waals surface area contributed by atoms with Gasteiger partial charge in [-0.3, -0.25) is 9.69 Å². The summed E-state index contributed by atoms with van der Waals surface area (Å²) in [6.45, 7) is 4.47. The topological polar surface area (TPSA) is 36.0 Å². The maximum absolute atomic E-state index is 12.7. The van der Waals surface area contributed by atoms with Crippen molar-refractivity contribution in [1.82, 2.24) is 14.7 Å². The van der Waals surface area contributed by atoms with Gasteiger partial charge in [-0.2, -0.15) is 0 Å². The van der Waals surface area contributed by atoms with Gasteiger partial charge in [0.05, 0.1) is 6.04 Å². The van der Waals surface area contributed by atoms with Crippen molar-refractivity contribution in [2.75, 3.05) is 40.3 Å². The van der Waals surface area contributed by atoms with Crippen LogP contribution in [-0.4, -0.2) is 73.0 Å². The number of benzene rings is 1. The highest BCUT2D eigenvalue weighted by Gasteiger charge is 2.39. The van der Waals surface area contributed by atoms with E-state index in [1.807, 2.05) is 6.07 Å². The van der Waals surface area contributed by atoms with Gasteiger partial charge in [-0.25, -0.2) is 0 Å². The molecule has 5 nitrogen and oxygen atoms in total. The Morgan fingerprint density at radius 1 is 1.19 bits per heavy atom. The van der Waals surface area contributed by atoms with E-state index in [0.29, 0.717) is 30.5 Å². The van der Waals surface area contributed by atoms with Gasteiger partial charge in [0.15, 0.2) is 0 Å². The molecule has 2 atom stereocenters. The lowest BCUT2D eigenvalue weighted by Crippen LogP contribution is -2.50. The van der Waals surface area contributed by atoms with Gasteiger partial charge in [-0.05, 0) is 45.8 Å². The van der Waals surface area contributed by atoms with E-state index in [0.717, 1.165) is 57.6 Å². The predicted octanol–water partition coefficient (Wildman–Crippen LogP) is 2.21. The van der Waals surface area contributed by atoms with Crippen LogP contribution in [-0.2, 0) is 11.3 Å². The first-order valence-electron chi connectivity index (χ1n) is 10.0. The minimum Gasteiger partial charge on any atom is -0.492 e. The Labute approximate surface area is 156 Å². The molecule has 1 amide bonds. The minimum atomic E-state index is 0.321. The molecule has 3 aliphatic rings. The molecule has 0 unspecified atom stereocenters. The van der Waals surface area contributed by atoms with Crippen molar-refractivity contribution in [2.24, 2.45) is 5.92 Å². The number of likely N-dealkylation sites (N-methyl/N-ethyl adjacent to an activating group) is 1. The summed E-state index contributed by atoms with van der Waals surface area (Å²) >= 11 is 0. The largest absolute Gasteiger partial charge is 0.492 e. The zero-order valence-corrected chi connectivity index (χ0v) is 16.1. The van der Waals surface area contributed by atoms with Gasteiger partial charge >= 0.3 is 0 Å². The Bertz CT molecular complexity index is 644. The van der Waals surface area contributed by atoms with E-state index in [4.69, 9.17) is 4.74 Å². The lowest BCUT2D eigenvalue weighted by Gasteiger charge is -2.35. The van der Waals surface area contributed by atoms with Crippen LogP contribution < -0.4 is 4.74 Å². The van der Waals surface area contributed by atoms with E-state index in [9.17, 15) is 4.79 Å². The Hall–Kier alpha value is -1.59. The third-order valence-corrected chi connectivity index (χ3v) is 5.90. The van der Waals surface area contributed by atoms with Crippen LogP contribution in [0.2, 0.25) is 0 Å². The van der Waals surface area contributed by atoms with E-state index in [2.05, 4.69) is 47.0 Å². The molecule has 0 bridgehead atoms. The third-order valence-electron chi connectivity index (χ3n) is 5.90. The molecule has 142 valence electrons. The summed E-state index contributed by atoms with van der Waals surface area (Å²) in [6.07, 6.45) is 4.46.